The number of hydrogen-bond acceptors (Lipinski definition) is 5. The predicted molar refractivity (Wildman–Crippen MR) is 104 cm³/mol. The molecular formula is C18H13F2N3O4S2. The Labute approximate surface area is 170 Å². The molecule has 0 bridgehead atoms. The smallest absolute Gasteiger partial charge is 0.271 e. The maximum Gasteiger partial charge on any atom is 0.271 e. The van der Waals surface area contributed by atoms with E-state index in [2.05, 4.69) is 11.9 Å². The summed E-state index contributed by atoms with van der Waals surface area (Å²) in [6, 6.07) is 4.70. The molecule has 0 spiro atoms. The number of aromatic nitrogens is 1. The third-order valence-corrected chi connectivity index (χ3v) is 6.02. The fraction of sp³-hybridized carbons (Fsp3) is 0.0556. The van der Waals surface area contributed by atoms with Crippen molar-refractivity contribution in [1.82, 2.24) is 14.2 Å². The van der Waals surface area contributed by atoms with E-state index in [0.717, 1.165) is 29.3 Å². The van der Waals surface area contributed by atoms with Crippen LogP contribution in [0.4, 0.5) is 8.78 Å². The van der Waals surface area contributed by atoms with Gasteiger partial charge >= 0.3 is 0 Å². The van der Waals surface area contributed by atoms with Crippen LogP contribution in [-0.2, 0) is 19.6 Å². The first kappa shape index (κ1) is 20.6. The van der Waals surface area contributed by atoms with Gasteiger partial charge in [-0.15, -0.1) is 6.58 Å². The molecule has 2 heterocycles. The number of hydrogen-bond donors (Lipinski definition) is 1. The Bertz CT molecular complexity index is 1190. The summed E-state index contributed by atoms with van der Waals surface area (Å²) in [5.74, 6) is -3.75. The zero-order valence-corrected chi connectivity index (χ0v) is 16.3. The zero-order chi connectivity index (χ0) is 21.3. The molecule has 1 aromatic carbocycles. The summed E-state index contributed by atoms with van der Waals surface area (Å²) in [5, 5.41) is 2.23. The van der Waals surface area contributed by atoms with E-state index in [1.54, 1.807) is 0 Å². The van der Waals surface area contributed by atoms with Gasteiger partial charge in [0, 0.05) is 18.8 Å². The van der Waals surface area contributed by atoms with Crippen LogP contribution < -0.4 is 5.32 Å². The summed E-state index contributed by atoms with van der Waals surface area (Å²) >= 11 is 4.95. The van der Waals surface area contributed by atoms with Crippen LogP contribution in [0.15, 0.2) is 59.7 Å². The third-order valence-electron chi connectivity index (χ3n) is 3.96. The summed E-state index contributed by atoms with van der Waals surface area (Å²) in [7, 11) is -4.46. The fourth-order valence-corrected chi connectivity index (χ4v) is 4.27. The van der Waals surface area contributed by atoms with E-state index < -0.39 is 38.4 Å². The first-order chi connectivity index (χ1) is 13.7. The third kappa shape index (κ3) is 3.74. The molecule has 1 aliphatic rings. The van der Waals surface area contributed by atoms with Gasteiger partial charge in [0.2, 0.25) is 0 Å². The van der Waals surface area contributed by atoms with E-state index in [9.17, 15) is 26.8 Å². The van der Waals surface area contributed by atoms with Crippen molar-refractivity contribution in [2.75, 3.05) is 6.54 Å². The van der Waals surface area contributed by atoms with Gasteiger partial charge < -0.3 is 0 Å². The second kappa shape index (κ2) is 7.68. The van der Waals surface area contributed by atoms with Crippen molar-refractivity contribution >= 4 is 45.2 Å². The highest BCUT2D eigenvalue weighted by Crippen LogP contribution is 2.23. The number of carbonyl (C=O) groups is 2. The predicted octanol–water partition coefficient (Wildman–Crippen LogP) is 1.82. The van der Waals surface area contributed by atoms with Crippen molar-refractivity contribution in [3.8, 4) is 0 Å². The van der Waals surface area contributed by atoms with Crippen LogP contribution in [0.5, 0.6) is 0 Å². The molecule has 1 aromatic heterocycles. The molecule has 0 saturated carbocycles. The Morgan fingerprint density at radius 3 is 2.59 bits per heavy atom. The molecule has 1 aliphatic heterocycles. The maximum atomic E-state index is 14.0. The second-order valence-electron chi connectivity index (χ2n) is 5.83. The van der Waals surface area contributed by atoms with Gasteiger partial charge in [0.1, 0.15) is 22.1 Å². The van der Waals surface area contributed by atoms with Crippen LogP contribution in [0.2, 0.25) is 0 Å². The van der Waals surface area contributed by atoms with E-state index in [4.69, 9.17) is 12.2 Å². The number of thiocarbonyl (C=S) groups is 1. The largest absolute Gasteiger partial charge is 0.298 e. The Morgan fingerprint density at radius 2 is 1.93 bits per heavy atom. The van der Waals surface area contributed by atoms with E-state index in [1.165, 1.54) is 18.2 Å². The lowest BCUT2D eigenvalue weighted by atomic mass is 10.1. The number of nitrogens with zero attached hydrogens (tertiary/aromatic N) is 2. The molecule has 0 radical (unpaired) electrons. The maximum absolute atomic E-state index is 14.0. The van der Waals surface area contributed by atoms with Crippen molar-refractivity contribution in [2.24, 2.45) is 0 Å². The van der Waals surface area contributed by atoms with Crippen molar-refractivity contribution in [1.29, 1.82) is 0 Å². The number of halogens is 2. The van der Waals surface area contributed by atoms with Gasteiger partial charge in [0.05, 0.1) is 5.69 Å². The normalized spacial score (nSPS) is 16.3. The number of rotatable bonds is 5. The van der Waals surface area contributed by atoms with Crippen LogP contribution in [-0.4, -0.2) is 40.8 Å². The average Bonchev–Trinajstić information content (AvgIpc) is 3.11. The van der Waals surface area contributed by atoms with E-state index >= 15 is 0 Å². The van der Waals surface area contributed by atoms with Gasteiger partial charge in [0.15, 0.2) is 5.11 Å². The first-order valence-electron chi connectivity index (χ1n) is 8.04. The molecule has 0 atom stereocenters. The highest BCUT2D eigenvalue weighted by Gasteiger charge is 2.33. The fourth-order valence-electron chi connectivity index (χ4n) is 2.64. The first-order valence-corrected chi connectivity index (χ1v) is 9.89. The molecule has 150 valence electrons. The summed E-state index contributed by atoms with van der Waals surface area (Å²) in [4.78, 5) is 25.1. The monoisotopic (exact) mass is 437 g/mol. The van der Waals surface area contributed by atoms with E-state index in [-0.39, 0.29) is 22.9 Å². The molecule has 1 saturated heterocycles. The van der Waals surface area contributed by atoms with Gasteiger partial charge in [-0.05, 0) is 42.6 Å². The molecule has 11 heteroatoms. The van der Waals surface area contributed by atoms with Crippen LogP contribution in [0.25, 0.3) is 6.08 Å². The molecule has 1 fully saturated rings. The molecule has 7 nitrogen and oxygen atoms in total. The van der Waals surface area contributed by atoms with Crippen molar-refractivity contribution in [3.05, 3.63) is 72.1 Å². The van der Waals surface area contributed by atoms with Gasteiger partial charge in [-0.1, -0.05) is 6.08 Å². The highest BCUT2D eigenvalue weighted by molar-refractivity contribution is 7.90. The highest BCUT2D eigenvalue weighted by atomic mass is 32.2. The Morgan fingerprint density at radius 1 is 1.21 bits per heavy atom. The van der Waals surface area contributed by atoms with Gasteiger partial charge in [-0.25, -0.2) is 21.2 Å². The van der Waals surface area contributed by atoms with Crippen LogP contribution in [0.3, 0.4) is 0 Å². The summed E-state index contributed by atoms with van der Waals surface area (Å²) in [6.45, 7) is 3.54. The molecule has 3 rings (SSSR count). The lowest BCUT2D eigenvalue weighted by molar-refractivity contribution is -0.128. The lowest BCUT2D eigenvalue weighted by Gasteiger charge is -2.27. The standard InChI is InChI=1S/C18H13F2N3O4S2/c1-2-7-22-17(25)13(16(24)21-18(22)28)10-12-4-3-8-23(12)29(26,27)15-6-5-11(19)9-14(15)20/h2-6,8-10H,1,7H2,(H,21,24,28). The number of carbonyl (C=O) groups excluding carboxylic acids is 2. The second-order valence-corrected chi connectivity index (χ2v) is 8.00. The lowest BCUT2D eigenvalue weighted by Crippen LogP contribution is -2.53. The van der Waals surface area contributed by atoms with E-state index in [0.29, 0.717) is 10.0 Å². The van der Waals surface area contributed by atoms with Gasteiger partial charge in [0.25, 0.3) is 21.8 Å². The minimum absolute atomic E-state index is 0.0371. The quantitative estimate of drug-likeness (QED) is 0.334. The number of amides is 2. The molecule has 2 aromatic rings. The Hall–Kier alpha value is -3.18. The number of nitrogens with one attached hydrogen (secondary N) is 1. The van der Waals surface area contributed by atoms with Crippen molar-refractivity contribution in [2.45, 2.75) is 4.90 Å². The van der Waals surface area contributed by atoms with E-state index in [1.807, 2.05) is 0 Å². The molecule has 1 N–H and O–H groups in total. The minimum Gasteiger partial charge on any atom is -0.298 e. The molecule has 29 heavy (non-hydrogen) atoms. The number of benzene rings is 1. The SMILES string of the molecule is C=CCN1C(=O)C(=Cc2cccn2S(=O)(=O)c2ccc(F)cc2F)C(=O)NC1=S. The summed E-state index contributed by atoms with van der Waals surface area (Å²) < 4.78 is 53.5. The van der Waals surface area contributed by atoms with Gasteiger partial charge in [-0.2, -0.15) is 0 Å². The molecule has 2 amide bonds. The van der Waals surface area contributed by atoms with Crippen molar-refractivity contribution in [3.63, 3.8) is 0 Å². The Balaban J connectivity index is 2.08. The average molecular weight is 437 g/mol. The topological polar surface area (TPSA) is 88.5 Å². The Kier molecular flexibility index (Phi) is 5.44. The van der Waals surface area contributed by atoms with Gasteiger partial charge in [-0.3, -0.25) is 19.8 Å². The molecule has 0 aliphatic carbocycles. The zero-order valence-electron chi connectivity index (χ0n) is 14.6. The van der Waals surface area contributed by atoms with Crippen LogP contribution >= 0.6 is 12.2 Å². The minimum atomic E-state index is -4.46. The van der Waals surface area contributed by atoms with Crippen LogP contribution in [0, 0.1) is 11.6 Å². The summed E-state index contributed by atoms with van der Waals surface area (Å²) in [6.07, 6.45) is 3.57. The van der Waals surface area contributed by atoms with Crippen molar-refractivity contribution < 1.29 is 26.8 Å². The molecule has 0 unspecified atom stereocenters. The molecular weight excluding hydrogens is 424 g/mol. The van der Waals surface area contributed by atoms with Crippen LogP contribution in [0.1, 0.15) is 5.69 Å². The summed E-state index contributed by atoms with van der Waals surface area (Å²) in [5.41, 5.74) is -0.450.